The minimum Gasteiger partial charge on any atom is -0.399 e. The molecule has 2 fully saturated rings. The zero-order chi connectivity index (χ0) is 14.0. The zero-order valence-electron chi connectivity index (χ0n) is 12.0. The molecule has 0 unspecified atom stereocenters. The first-order valence-electron chi connectivity index (χ1n) is 7.88. The molecule has 20 heavy (non-hydrogen) atoms. The van der Waals surface area contributed by atoms with Gasteiger partial charge in [0, 0.05) is 11.7 Å². The Hall–Kier alpha value is -1.51. The zero-order valence-corrected chi connectivity index (χ0v) is 12.0. The van der Waals surface area contributed by atoms with E-state index in [-0.39, 0.29) is 11.3 Å². The Morgan fingerprint density at radius 1 is 1.05 bits per heavy atom. The van der Waals surface area contributed by atoms with Crippen molar-refractivity contribution in [2.75, 3.05) is 5.73 Å². The molecule has 1 aromatic rings. The summed E-state index contributed by atoms with van der Waals surface area (Å²) in [5, 5.41) is 3.30. The lowest BCUT2D eigenvalue weighted by molar-refractivity contribution is -0.124. The summed E-state index contributed by atoms with van der Waals surface area (Å²) in [6, 6.07) is 8.20. The van der Waals surface area contributed by atoms with Gasteiger partial charge in [0.1, 0.15) is 0 Å². The number of anilines is 1. The largest absolute Gasteiger partial charge is 0.399 e. The number of hydrogen-bond acceptors (Lipinski definition) is 2. The van der Waals surface area contributed by atoms with E-state index in [9.17, 15) is 4.79 Å². The number of carbonyl (C=O) groups excluding carboxylic acids is 1. The minimum absolute atomic E-state index is 0.231. The van der Waals surface area contributed by atoms with Gasteiger partial charge in [-0.05, 0) is 43.4 Å². The molecule has 3 rings (SSSR count). The van der Waals surface area contributed by atoms with Crippen molar-refractivity contribution in [3.63, 3.8) is 0 Å². The molecule has 0 spiro atoms. The molecule has 0 saturated heterocycles. The molecule has 1 amide bonds. The maximum absolute atomic E-state index is 12.7. The third-order valence-corrected chi connectivity index (χ3v) is 4.84. The van der Waals surface area contributed by atoms with Crippen LogP contribution in [0.4, 0.5) is 5.69 Å². The Morgan fingerprint density at radius 2 is 1.65 bits per heavy atom. The number of nitrogens with two attached hydrogens (primary N) is 1. The molecule has 0 bridgehead atoms. The van der Waals surface area contributed by atoms with Gasteiger partial charge in [-0.25, -0.2) is 0 Å². The summed E-state index contributed by atoms with van der Waals surface area (Å²) in [5.41, 5.74) is 7.35. The van der Waals surface area contributed by atoms with Crippen molar-refractivity contribution in [3.05, 3.63) is 29.8 Å². The van der Waals surface area contributed by atoms with Crippen LogP contribution in [0.2, 0.25) is 0 Å². The second-order valence-electron chi connectivity index (χ2n) is 6.37. The quantitative estimate of drug-likeness (QED) is 0.656. The normalized spacial score (nSPS) is 22.0. The Labute approximate surface area is 120 Å². The number of carbonyl (C=O) groups is 1. The highest BCUT2D eigenvalue weighted by Gasteiger charge is 2.51. The Morgan fingerprint density at radius 3 is 2.20 bits per heavy atom. The molecule has 0 atom stereocenters. The summed E-state index contributed by atoms with van der Waals surface area (Å²) in [4.78, 5) is 12.7. The van der Waals surface area contributed by atoms with E-state index in [0.717, 1.165) is 36.9 Å². The van der Waals surface area contributed by atoms with E-state index in [1.54, 1.807) is 0 Å². The van der Waals surface area contributed by atoms with Crippen LogP contribution in [0.15, 0.2) is 24.3 Å². The second kappa shape index (κ2) is 5.47. The Balaban J connectivity index is 1.68. The third kappa shape index (κ3) is 2.67. The van der Waals surface area contributed by atoms with E-state index >= 15 is 0 Å². The number of amides is 1. The van der Waals surface area contributed by atoms with Crippen LogP contribution < -0.4 is 11.1 Å². The average molecular weight is 272 g/mol. The molecule has 0 radical (unpaired) electrons. The highest BCUT2D eigenvalue weighted by atomic mass is 16.2. The summed E-state index contributed by atoms with van der Waals surface area (Å²) in [6.45, 7) is 0. The van der Waals surface area contributed by atoms with Crippen molar-refractivity contribution >= 4 is 11.6 Å². The van der Waals surface area contributed by atoms with Crippen molar-refractivity contribution < 1.29 is 4.79 Å². The molecule has 108 valence electrons. The van der Waals surface area contributed by atoms with Crippen LogP contribution in [0, 0.1) is 0 Å². The maximum Gasteiger partial charge on any atom is 0.230 e. The standard InChI is InChI=1S/C17H24N2O/c18-14-9-7-13(8-10-14)17(11-12-17)16(20)19-15-5-3-1-2-4-6-15/h7-10,15H,1-6,11-12,18H2,(H,19,20). The predicted molar refractivity (Wildman–Crippen MR) is 81.4 cm³/mol. The van der Waals surface area contributed by atoms with E-state index in [0.29, 0.717) is 6.04 Å². The first-order chi connectivity index (χ1) is 9.71. The highest BCUT2D eigenvalue weighted by molar-refractivity contribution is 5.91. The van der Waals surface area contributed by atoms with Crippen LogP contribution >= 0.6 is 0 Å². The summed E-state index contributed by atoms with van der Waals surface area (Å²) in [7, 11) is 0. The molecule has 0 heterocycles. The van der Waals surface area contributed by atoms with Crippen LogP contribution in [-0.2, 0) is 10.2 Å². The minimum atomic E-state index is -0.264. The Kier molecular flexibility index (Phi) is 3.68. The summed E-state index contributed by atoms with van der Waals surface area (Å²) in [5.74, 6) is 0.231. The lowest BCUT2D eigenvalue weighted by Gasteiger charge is -2.21. The van der Waals surface area contributed by atoms with Crippen molar-refractivity contribution in [3.8, 4) is 0 Å². The fourth-order valence-electron chi connectivity index (χ4n) is 3.32. The van der Waals surface area contributed by atoms with Gasteiger partial charge in [0.15, 0.2) is 0 Å². The summed E-state index contributed by atoms with van der Waals surface area (Å²) in [6.07, 6.45) is 9.35. The third-order valence-electron chi connectivity index (χ3n) is 4.84. The van der Waals surface area contributed by atoms with Gasteiger partial charge in [-0.15, -0.1) is 0 Å². The van der Waals surface area contributed by atoms with Gasteiger partial charge in [0.05, 0.1) is 5.41 Å². The number of rotatable bonds is 3. The molecule has 0 aromatic heterocycles. The van der Waals surface area contributed by atoms with Crippen molar-refractivity contribution in [1.29, 1.82) is 0 Å². The van der Waals surface area contributed by atoms with E-state index < -0.39 is 0 Å². The van der Waals surface area contributed by atoms with Crippen LogP contribution in [0.25, 0.3) is 0 Å². The topological polar surface area (TPSA) is 55.1 Å². The molecule has 1 aromatic carbocycles. The molecule has 0 aliphatic heterocycles. The molecular formula is C17H24N2O. The first-order valence-corrected chi connectivity index (χ1v) is 7.88. The lowest BCUT2D eigenvalue weighted by Crippen LogP contribution is -2.41. The van der Waals surface area contributed by atoms with E-state index in [2.05, 4.69) is 5.32 Å². The van der Waals surface area contributed by atoms with Gasteiger partial charge in [-0.2, -0.15) is 0 Å². The number of nitrogen functional groups attached to an aromatic ring is 1. The molecule has 3 N–H and O–H groups in total. The molecule has 2 saturated carbocycles. The second-order valence-corrected chi connectivity index (χ2v) is 6.37. The Bertz CT molecular complexity index is 468. The molecule has 2 aliphatic carbocycles. The van der Waals surface area contributed by atoms with E-state index in [4.69, 9.17) is 5.73 Å². The fourth-order valence-corrected chi connectivity index (χ4v) is 3.32. The van der Waals surface area contributed by atoms with E-state index in [1.807, 2.05) is 24.3 Å². The lowest BCUT2D eigenvalue weighted by atomic mass is 9.94. The van der Waals surface area contributed by atoms with Crippen LogP contribution in [-0.4, -0.2) is 11.9 Å². The average Bonchev–Trinajstić information content (AvgIpc) is 3.24. The van der Waals surface area contributed by atoms with Crippen LogP contribution in [0.3, 0.4) is 0 Å². The van der Waals surface area contributed by atoms with Gasteiger partial charge in [0.25, 0.3) is 0 Å². The van der Waals surface area contributed by atoms with Crippen molar-refractivity contribution in [2.24, 2.45) is 0 Å². The van der Waals surface area contributed by atoms with Crippen LogP contribution in [0.5, 0.6) is 0 Å². The van der Waals surface area contributed by atoms with Crippen LogP contribution in [0.1, 0.15) is 56.9 Å². The SMILES string of the molecule is Nc1ccc(C2(C(=O)NC3CCCCCC3)CC2)cc1. The van der Waals surface area contributed by atoms with Gasteiger partial charge in [-0.1, -0.05) is 37.8 Å². The van der Waals surface area contributed by atoms with Gasteiger partial charge < -0.3 is 11.1 Å². The van der Waals surface area contributed by atoms with Gasteiger partial charge in [0.2, 0.25) is 5.91 Å². The fraction of sp³-hybridized carbons (Fsp3) is 0.588. The van der Waals surface area contributed by atoms with E-state index in [1.165, 1.54) is 25.7 Å². The number of nitrogens with one attached hydrogen (secondary N) is 1. The molecule has 3 nitrogen and oxygen atoms in total. The summed E-state index contributed by atoms with van der Waals surface area (Å²) >= 11 is 0. The van der Waals surface area contributed by atoms with Crippen molar-refractivity contribution in [1.82, 2.24) is 5.32 Å². The highest BCUT2D eigenvalue weighted by Crippen LogP contribution is 2.48. The first kappa shape index (κ1) is 13.5. The smallest absolute Gasteiger partial charge is 0.230 e. The predicted octanol–water partition coefficient (Wildman–Crippen LogP) is 3.14. The van der Waals surface area contributed by atoms with Crippen molar-refractivity contribution in [2.45, 2.75) is 62.8 Å². The van der Waals surface area contributed by atoms with Gasteiger partial charge >= 0.3 is 0 Å². The maximum atomic E-state index is 12.7. The monoisotopic (exact) mass is 272 g/mol. The molecule has 2 aliphatic rings. The molecule has 3 heteroatoms. The number of benzene rings is 1. The number of hydrogen-bond donors (Lipinski definition) is 2. The summed E-state index contributed by atoms with van der Waals surface area (Å²) < 4.78 is 0. The van der Waals surface area contributed by atoms with Gasteiger partial charge in [-0.3, -0.25) is 4.79 Å². The molecular weight excluding hydrogens is 248 g/mol.